The van der Waals surface area contributed by atoms with E-state index in [9.17, 15) is 27.1 Å². The fourth-order valence-corrected chi connectivity index (χ4v) is 6.33. The molecular weight excluding hydrogens is 464 g/mol. The molecule has 1 aliphatic heterocycles. The van der Waals surface area contributed by atoms with Crippen LogP contribution >= 0.6 is 10.6 Å². The molecule has 1 aliphatic carbocycles. The highest BCUT2D eigenvalue weighted by Crippen LogP contribution is 2.73. The number of benzene rings is 1. The first kappa shape index (κ1) is 23.5. The van der Waals surface area contributed by atoms with E-state index < -0.39 is 44.5 Å². The summed E-state index contributed by atoms with van der Waals surface area (Å²) in [6, 6.07) is 4.45. The fourth-order valence-electron chi connectivity index (χ4n) is 4.06. The van der Waals surface area contributed by atoms with Crippen LogP contribution < -0.4 is 11.1 Å². The zero-order valence-electron chi connectivity index (χ0n) is 17.7. The number of hydrogen-bond donors (Lipinski definition) is 4. The van der Waals surface area contributed by atoms with Crippen LogP contribution in [-0.2, 0) is 5.54 Å². The standard InChI is InChI=1S/C21H22F4N4O3S/c1-10-7-11(16(23)24)9-27-15(10)17(30)28-12-3-4-14(22)13(8-12)20(2)18(25)33(31,32)21(5-6-21)19(26)29-20/h3-4,7-9,16,18,31-32H,5-6H2,1-2H3,(H2,26,29)(H,28,30)/t18-,20+/m0/s1. The van der Waals surface area contributed by atoms with Crippen molar-refractivity contribution in [1.29, 1.82) is 0 Å². The van der Waals surface area contributed by atoms with Gasteiger partial charge in [-0.1, -0.05) is 0 Å². The third kappa shape index (κ3) is 3.56. The van der Waals surface area contributed by atoms with Gasteiger partial charge < -0.3 is 11.1 Å². The minimum absolute atomic E-state index is 0.0425. The molecule has 1 fully saturated rings. The number of aliphatic imine (C=N–C) groups is 1. The lowest BCUT2D eigenvalue weighted by molar-refractivity contribution is 0.102. The molecule has 0 bridgehead atoms. The van der Waals surface area contributed by atoms with Crippen molar-refractivity contribution in [2.24, 2.45) is 10.7 Å². The third-order valence-electron chi connectivity index (χ3n) is 6.17. The molecule has 7 nitrogen and oxygen atoms in total. The number of carbonyl (C=O) groups excluding carboxylic acids is 1. The topological polar surface area (TPSA) is 121 Å². The number of halogens is 4. The average molecular weight is 486 g/mol. The SMILES string of the molecule is Cc1cc(C(F)F)cnc1C(=O)Nc1ccc(F)c([C@@]2(C)N=C(N)C3(CC3)S(O)(O)[C@@H]2F)c1. The summed E-state index contributed by atoms with van der Waals surface area (Å²) >= 11 is 0. The molecule has 2 atom stereocenters. The number of pyridine rings is 1. The number of nitrogens with two attached hydrogens (primary N) is 1. The van der Waals surface area contributed by atoms with Gasteiger partial charge in [0, 0.05) is 23.0 Å². The number of amides is 1. The quantitative estimate of drug-likeness (QED) is 0.459. The van der Waals surface area contributed by atoms with Gasteiger partial charge >= 0.3 is 0 Å². The zero-order chi connectivity index (χ0) is 24.3. The Morgan fingerprint density at radius 1 is 1.30 bits per heavy atom. The molecule has 0 unspecified atom stereocenters. The Morgan fingerprint density at radius 3 is 2.55 bits per heavy atom. The van der Waals surface area contributed by atoms with E-state index in [1.165, 1.54) is 19.9 Å². The number of nitrogens with zero attached hydrogens (tertiary/aromatic N) is 2. The summed E-state index contributed by atoms with van der Waals surface area (Å²) in [5.74, 6) is -1.78. The molecule has 1 aromatic heterocycles. The number of hydrogen-bond acceptors (Lipinski definition) is 6. The van der Waals surface area contributed by atoms with E-state index in [1.807, 2.05) is 0 Å². The molecule has 2 heterocycles. The van der Waals surface area contributed by atoms with Crippen LogP contribution in [-0.4, -0.2) is 36.1 Å². The van der Waals surface area contributed by atoms with Crippen LogP contribution in [0.25, 0.3) is 0 Å². The monoisotopic (exact) mass is 486 g/mol. The molecule has 1 saturated carbocycles. The average Bonchev–Trinajstić information content (AvgIpc) is 3.56. The largest absolute Gasteiger partial charge is 0.386 e. The van der Waals surface area contributed by atoms with E-state index in [4.69, 9.17) is 5.73 Å². The predicted molar refractivity (Wildman–Crippen MR) is 117 cm³/mol. The van der Waals surface area contributed by atoms with Gasteiger partial charge in [0.05, 0.1) is 0 Å². The molecule has 12 heteroatoms. The minimum atomic E-state index is -3.89. The van der Waals surface area contributed by atoms with Crippen LogP contribution in [0.4, 0.5) is 23.2 Å². The van der Waals surface area contributed by atoms with Gasteiger partial charge in [-0.05, 0) is 56.5 Å². The number of aromatic nitrogens is 1. The van der Waals surface area contributed by atoms with E-state index in [2.05, 4.69) is 15.3 Å². The molecule has 0 saturated heterocycles. The van der Waals surface area contributed by atoms with Crippen LogP contribution in [0.5, 0.6) is 0 Å². The van der Waals surface area contributed by atoms with Crippen molar-refractivity contribution >= 4 is 28.0 Å². The van der Waals surface area contributed by atoms with Crippen LogP contribution in [0.1, 0.15) is 53.4 Å². The van der Waals surface area contributed by atoms with Gasteiger partial charge in [0.25, 0.3) is 12.3 Å². The van der Waals surface area contributed by atoms with Crippen LogP contribution in [0.2, 0.25) is 0 Å². The Bertz CT molecular complexity index is 1170. The summed E-state index contributed by atoms with van der Waals surface area (Å²) in [7, 11) is -3.89. The number of amidine groups is 1. The molecule has 178 valence electrons. The molecule has 5 N–H and O–H groups in total. The smallest absolute Gasteiger partial charge is 0.274 e. The molecule has 2 aromatic rings. The van der Waals surface area contributed by atoms with E-state index in [0.29, 0.717) is 0 Å². The fraction of sp³-hybridized carbons (Fsp3) is 0.381. The maximum Gasteiger partial charge on any atom is 0.274 e. The lowest BCUT2D eigenvalue weighted by Gasteiger charge is -2.51. The van der Waals surface area contributed by atoms with E-state index >= 15 is 4.39 Å². The number of rotatable bonds is 4. The van der Waals surface area contributed by atoms with Crippen LogP contribution in [0, 0.1) is 12.7 Å². The second-order valence-electron chi connectivity index (χ2n) is 8.43. The first-order valence-electron chi connectivity index (χ1n) is 9.96. The van der Waals surface area contributed by atoms with Gasteiger partial charge in [0.15, 0.2) is 0 Å². The Hall–Kier alpha value is -2.70. The van der Waals surface area contributed by atoms with Crippen molar-refractivity contribution in [2.75, 3.05) is 5.32 Å². The highest BCUT2D eigenvalue weighted by Gasteiger charge is 2.67. The molecule has 0 radical (unpaired) electrons. The number of carbonyl (C=O) groups is 1. The van der Waals surface area contributed by atoms with Crippen LogP contribution in [0.15, 0.2) is 35.5 Å². The van der Waals surface area contributed by atoms with Crippen molar-refractivity contribution in [3.8, 4) is 0 Å². The first-order valence-corrected chi connectivity index (χ1v) is 11.6. The Morgan fingerprint density at radius 2 is 1.97 bits per heavy atom. The van der Waals surface area contributed by atoms with Gasteiger partial charge in [-0.2, -0.15) is 0 Å². The highest BCUT2D eigenvalue weighted by atomic mass is 32.3. The van der Waals surface area contributed by atoms with Crippen LogP contribution in [0.3, 0.4) is 0 Å². The lowest BCUT2D eigenvalue weighted by atomic mass is 9.92. The van der Waals surface area contributed by atoms with Crippen molar-refractivity contribution in [2.45, 2.75) is 48.9 Å². The molecule has 2 aliphatic rings. The number of anilines is 1. The molecule has 1 aromatic carbocycles. The number of nitrogens with one attached hydrogen (secondary N) is 1. The normalized spacial score (nSPS) is 26.1. The molecule has 1 amide bonds. The Kier molecular flexibility index (Phi) is 5.45. The van der Waals surface area contributed by atoms with Crippen molar-refractivity contribution < 1.29 is 31.5 Å². The van der Waals surface area contributed by atoms with E-state index in [-0.39, 0.29) is 46.7 Å². The van der Waals surface area contributed by atoms with Gasteiger partial charge in [-0.15, -0.1) is 10.6 Å². The zero-order valence-corrected chi connectivity index (χ0v) is 18.5. The summed E-state index contributed by atoms with van der Waals surface area (Å²) in [6.45, 7) is 2.64. The maximum absolute atomic E-state index is 15.4. The minimum Gasteiger partial charge on any atom is -0.386 e. The van der Waals surface area contributed by atoms with Gasteiger partial charge in [-0.3, -0.25) is 23.9 Å². The highest BCUT2D eigenvalue weighted by molar-refractivity contribution is 8.26. The number of alkyl halides is 3. The summed E-state index contributed by atoms with van der Waals surface area (Å²) < 4.78 is 75.8. The maximum atomic E-state index is 15.4. The van der Waals surface area contributed by atoms with E-state index in [0.717, 1.165) is 24.4 Å². The first-order chi connectivity index (χ1) is 15.3. The van der Waals surface area contributed by atoms with Gasteiger partial charge in [-0.25, -0.2) is 17.6 Å². The van der Waals surface area contributed by atoms with Crippen molar-refractivity contribution in [3.63, 3.8) is 0 Å². The summed E-state index contributed by atoms with van der Waals surface area (Å²) in [5.41, 5.74) is 1.04. The summed E-state index contributed by atoms with van der Waals surface area (Å²) in [4.78, 5) is 20.5. The van der Waals surface area contributed by atoms with Crippen molar-refractivity contribution in [1.82, 2.24) is 4.98 Å². The lowest BCUT2D eigenvalue weighted by Crippen LogP contribution is -2.52. The molecule has 33 heavy (non-hydrogen) atoms. The molecule has 1 spiro atoms. The summed E-state index contributed by atoms with van der Waals surface area (Å²) in [6.07, 6.45) is -1.31. The third-order valence-corrected chi connectivity index (χ3v) is 8.97. The number of aryl methyl sites for hydroxylation is 1. The van der Waals surface area contributed by atoms with E-state index in [1.54, 1.807) is 0 Å². The second kappa shape index (κ2) is 7.67. The molecular formula is C21H22F4N4O3S. The Balaban J connectivity index is 1.68. The van der Waals surface area contributed by atoms with Crippen molar-refractivity contribution in [3.05, 3.63) is 58.7 Å². The summed E-state index contributed by atoms with van der Waals surface area (Å²) in [5, 5.41) is 2.47. The second-order valence-corrected chi connectivity index (χ2v) is 10.8. The Labute approximate surface area is 188 Å². The van der Waals surface area contributed by atoms with Gasteiger partial charge in [0.1, 0.15) is 27.6 Å². The molecule has 4 rings (SSSR count). The predicted octanol–water partition coefficient (Wildman–Crippen LogP) is 4.88. The van der Waals surface area contributed by atoms with Gasteiger partial charge in [0.2, 0.25) is 5.50 Å².